The number of benzene rings is 2. The topological polar surface area (TPSA) is 47.6 Å². The van der Waals surface area contributed by atoms with Gasteiger partial charge in [0.1, 0.15) is 18.1 Å². The van der Waals surface area contributed by atoms with Gasteiger partial charge in [-0.2, -0.15) is 0 Å². The van der Waals surface area contributed by atoms with Crippen LogP contribution in [0.25, 0.3) is 0 Å². The van der Waals surface area contributed by atoms with E-state index in [-0.39, 0.29) is 5.91 Å². The first-order valence-corrected chi connectivity index (χ1v) is 8.65. The van der Waals surface area contributed by atoms with Gasteiger partial charge in [0.15, 0.2) is 6.10 Å². The van der Waals surface area contributed by atoms with Gasteiger partial charge in [-0.25, -0.2) is 0 Å². The molecule has 0 fully saturated rings. The Bertz CT molecular complexity index is 686. The Morgan fingerprint density at radius 3 is 2.58 bits per heavy atom. The predicted octanol–water partition coefficient (Wildman–Crippen LogP) is 4.03. The van der Waals surface area contributed by atoms with Gasteiger partial charge < -0.3 is 14.8 Å². The Balaban J connectivity index is 1.74. The third kappa shape index (κ3) is 5.57. The van der Waals surface area contributed by atoms with Crippen LogP contribution >= 0.6 is 15.9 Å². The van der Waals surface area contributed by atoms with Gasteiger partial charge in [0, 0.05) is 4.47 Å². The number of carbonyl (C=O) groups excluding carboxylic acids is 1. The zero-order valence-electron chi connectivity index (χ0n) is 14.1. The molecule has 0 unspecified atom stereocenters. The van der Waals surface area contributed by atoms with Crippen molar-refractivity contribution in [2.45, 2.75) is 26.9 Å². The van der Waals surface area contributed by atoms with E-state index in [0.29, 0.717) is 18.9 Å². The van der Waals surface area contributed by atoms with Gasteiger partial charge in [0.25, 0.3) is 5.91 Å². The van der Waals surface area contributed by atoms with Gasteiger partial charge in [-0.3, -0.25) is 4.79 Å². The van der Waals surface area contributed by atoms with Gasteiger partial charge in [-0.15, -0.1) is 0 Å². The van der Waals surface area contributed by atoms with E-state index in [1.165, 1.54) is 0 Å². The number of nitrogens with one attached hydrogen (secondary N) is 1. The van der Waals surface area contributed by atoms with Crippen molar-refractivity contribution < 1.29 is 14.3 Å². The van der Waals surface area contributed by atoms with E-state index in [2.05, 4.69) is 21.2 Å². The second kappa shape index (κ2) is 8.73. The molecule has 1 amide bonds. The second-order valence-electron chi connectivity index (χ2n) is 5.62. The first kappa shape index (κ1) is 18.3. The summed E-state index contributed by atoms with van der Waals surface area (Å²) in [4.78, 5) is 12.0. The molecule has 2 rings (SSSR count). The minimum atomic E-state index is -0.563. The van der Waals surface area contributed by atoms with Gasteiger partial charge in [-0.1, -0.05) is 28.1 Å². The average Bonchev–Trinajstić information content (AvgIpc) is 2.56. The van der Waals surface area contributed by atoms with Crippen LogP contribution in [0.4, 0.5) is 0 Å². The fourth-order valence-corrected chi connectivity index (χ4v) is 2.38. The number of rotatable bonds is 7. The molecule has 128 valence electrons. The van der Waals surface area contributed by atoms with E-state index >= 15 is 0 Å². The molecule has 0 aliphatic carbocycles. The van der Waals surface area contributed by atoms with Crippen molar-refractivity contribution in [1.29, 1.82) is 0 Å². The number of carbonyl (C=O) groups is 1. The standard InChI is InChI=1S/C19H22BrNO3/c1-13-4-5-14(2)18(12-13)23-11-10-21-19(22)15(3)24-17-8-6-16(20)7-9-17/h4-9,12,15H,10-11H2,1-3H3,(H,21,22)/t15-/m1/s1. The molecule has 5 heteroatoms. The predicted molar refractivity (Wildman–Crippen MR) is 98.7 cm³/mol. The first-order valence-electron chi connectivity index (χ1n) is 7.85. The average molecular weight is 392 g/mol. The molecule has 1 atom stereocenters. The van der Waals surface area contributed by atoms with Crippen LogP contribution in [0.5, 0.6) is 11.5 Å². The van der Waals surface area contributed by atoms with Crippen molar-refractivity contribution in [2.24, 2.45) is 0 Å². The largest absolute Gasteiger partial charge is 0.491 e. The minimum absolute atomic E-state index is 0.164. The number of aryl methyl sites for hydroxylation is 2. The summed E-state index contributed by atoms with van der Waals surface area (Å²) in [5.74, 6) is 1.35. The molecule has 0 aliphatic rings. The summed E-state index contributed by atoms with van der Waals surface area (Å²) in [6.45, 7) is 6.60. The number of halogens is 1. The van der Waals surface area contributed by atoms with E-state index in [0.717, 1.165) is 21.3 Å². The normalized spacial score (nSPS) is 11.7. The summed E-state index contributed by atoms with van der Waals surface area (Å²) in [7, 11) is 0. The molecule has 0 aliphatic heterocycles. The van der Waals surface area contributed by atoms with Gasteiger partial charge >= 0.3 is 0 Å². The maximum Gasteiger partial charge on any atom is 0.260 e. The molecular weight excluding hydrogens is 370 g/mol. The Morgan fingerprint density at radius 2 is 1.88 bits per heavy atom. The monoisotopic (exact) mass is 391 g/mol. The molecule has 0 saturated carbocycles. The lowest BCUT2D eigenvalue weighted by Crippen LogP contribution is -2.38. The van der Waals surface area contributed by atoms with E-state index < -0.39 is 6.10 Å². The number of hydrogen-bond donors (Lipinski definition) is 1. The SMILES string of the molecule is Cc1ccc(C)c(OCCNC(=O)[C@@H](C)Oc2ccc(Br)cc2)c1. The molecule has 0 radical (unpaired) electrons. The van der Waals surface area contributed by atoms with Crippen molar-refractivity contribution in [3.8, 4) is 11.5 Å². The lowest BCUT2D eigenvalue weighted by atomic mass is 10.1. The summed E-state index contributed by atoms with van der Waals surface area (Å²) in [5.41, 5.74) is 2.23. The smallest absolute Gasteiger partial charge is 0.260 e. The van der Waals surface area contributed by atoms with Crippen LogP contribution in [-0.4, -0.2) is 25.2 Å². The highest BCUT2D eigenvalue weighted by atomic mass is 79.9. The van der Waals surface area contributed by atoms with Crippen molar-refractivity contribution in [3.63, 3.8) is 0 Å². The van der Waals surface area contributed by atoms with Crippen molar-refractivity contribution in [3.05, 3.63) is 58.1 Å². The molecule has 2 aromatic carbocycles. The summed E-state index contributed by atoms with van der Waals surface area (Å²) >= 11 is 3.36. The first-order chi connectivity index (χ1) is 11.5. The maximum atomic E-state index is 12.0. The van der Waals surface area contributed by atoms with Crippen LogP contribution in [0.1, 0.15) is 18.1 Å². The molecule has 0 saturated heterocycles. The molecule has 0 aromatic heterocycles. The lowest BCUT2D eigenvalue weighted by Gasteiger charge is -2.15. The quantitative estimate of drug-likeness (QED) is 0.724. The lowest BCUT2D eigenvalue weighted by molar-refractivity contribution is -0.127. The van der Waals surface area contributed by atoms with Crippen LogP contribution in [0, 0.1) is 13.8 Å². The van der Waals surface area contributed by atoms with Crippen molar-refractivity contribution >= 4 is 21.8 Å². The number of amides is 1. The fourth-order valence-electron chi connectivity index (χ4n) is 2.11. The minimum Gasteiger partial charge on any atom is -0.491 e. The number of hydrogen-bond acceptors (Lipinski definition) is 3. The molecule has 24 heavy (non-hydrogen) atoms. The van der Waals surface area contributed by atoms with E-state index in [4.69, 9.17) is 9.47 Å². The summed E-state index contributed by atoms with van der Waals surface area (Å²) < 4.78 is 12.3. The molecule has 0 bridgehead atoms. The highest BCUT2D eigenvalue weighted by molar-refractivity contribution is 9.10. The molecule has 2 aromatic rings. The van der Waals surface area contributed by atoms with E-state index in [1.807, 2.05) is 56.3 Å². The summed E-state index contributed by atoms with van der Waals surface area (Å²) in [6, 6.07) is 13.4. The van der Waals surface area contributed by atoms with Crippen LogP contribution in [-0.2, 0) is 4.79 Å². The summed E-state index contributed by atoms with van der Waals surface area (Å²) in [5, 5.41) is 2.82. The van der Waals surface area contributed by atoms with Crippen LogP contribution in [0.2, 0.25) is 0 Å². The highest BCUT2D eigenvalue weighted by Crippen LogP contribution is 2.19. The van der Waals surface area contributed by atoms with Crippen molar-refractivity contribution in [2.75, 3.05) is 13.2 Å². The number of ether oxygens (including phenoxy) is 2. The van der Waals surface area contributed by atoms with Gasteiger partial charge in [0.2, 0.25) is 0 Å². The third-order valence-electron chi connectivity index (χ3n) is 3.50. The molecule has 0 heterocycles. The van der Waals surface area contributed by atoms with E-state index in [1.54, 1.807) is 6.92 Å². The van der Waals surface area contributed by atoms with Crippen LogP contribution in [0.15, 0.2) is 46.9 Å². The Hall–Kier alpha value is -2.01. The summed E-state index contributed by atoms with van der Waals surface area (Å²) in [6.07, 6.45) is -0.563. The maximum absolute atomic E-state index is 12.0. The Kier molecular flexibility index (Phi) is 6.67. The van der Waals surface area contributed by atoms with E-state index in [9.17, 15) is 4.79 Å². The highest BCUT2D eigenvalue weighted by Gasteiger charge is 2.14. The molecule has 4 nitrogen and oxygen atoms in total. The molecule has 0 spiro atoms. The zero-order chi connectivity index (χ0) is 17.5. The van der Waals surface area contributed by atoms with Gasteiger partial charge in [-0.05, 0) is 62.2 Å². The van der Waals surface area contributed by atoms with Gasteiger partial charge in [0.05, 0.1) is 6.54 Å². The van der Waals surface area contributed by atoms with Crippen LogP contribution < -0.4 is 14.8 Å². The fraction of sp³-hybridized carbons (Fsp3) is 0.316. The Morgan fingerprint density at radius 1 is 1.17 bits per heavy atom. The second-order valence-corrected chi connectivity index (χ2v) is 6.54. The Labute approximate surface area is 151 Å². The zero-order valence-corrected chi connectivity index (χ0v) is 15.7. The molecular formula is C19H22BrNO3. The third-order valence-corrected chi connectivity index (χ3v) is 4.03. The molecule has 1 N–H and O–H groups in total. The van der Waals surface area contributed by atoms with Crippen molar-refractivity contribution in [1.82, 2.24) is 5.32 Å². The van der Waals surface area contributed by atoms with Crippen LogP contribution in [0.3, 0.4) is 0 Å².